The minimum atomic E-state index is -0.399. The van der Waals surface area contributed by atoms with Gasteiger partial charge in [0.25, 0.3) is 0 Å². The quantitative estimate of drug-likeness (QED) is 0.728. The summed E-state index contributed by atoms with van der Waals surface area (Å²) in [7, 11) is 0. The maximum Gasteiger partial charge on any atom is 0.122 e. The molecule has 0 spiro atoms. The molecule has 0 aliphatic carbocycles. The molecule has 0 bridgehead atoms. The van der Waals surface area contributed by atoms with Crippen molar-refractivity contribution in [2.45, 2.75) is 45.6 Å². The molecule has 1 rings (SSSR count). The van der Waals surface area contributed by atoms with Gasteiger partial charge in [0.05, 0.1) is 12.7 Å². The molecule has 3 heteroatoms. The van der Waals surface area contributed by atoms with Crippen LogP contribution in [0.1, 0.15) is 38.7 Å². The lowest BCUT2D eigenvalue weighted by Gasteiger charge is -2.26. The SMILES string of the molecule is CCNC(C#N)(CC)CCCOc1ccccc1C. The van der Waals surface area contributed by atoms with Crippen molar-refractivity contribution < 1.29 is 4.74 Å². The van der Waals surface area contributed by atoms with Crippen LogP contribution in [0.3, 0.4) is 0 Å². The zero-order valence-corrected chi connectivity index (χ0v) is 12.2. The van der Waals surface area contributed by atoms with Crippen LogP contribution < -0.4 is 10.1 Å². The number of rotatable bonds is 8. The first-order valence-corrected chi connectivity index (χ1v) is 7.02. The molecule has 0 amide bonds. The van der Waals surface area contributed by atoms with E-state index >= 15 is 0 Å². The van der Waals surface area contributed by atoms with Crippen molar-refractivity contribution in [2.24, 2.45) is 0 Å². The van der Waals surface area contributed by atoms with Gasteiger partial charge in [0.1, 0.15) is 11.3 Å². The van der Waals surface area contributed by atoms with Crippen LogP contribution in [0.2, 0.25) is 0 Å². The molecule has 1 aromatic carbocycles. The third-order valence-corrected chi connectivity index (χ3v) is 3.43. The van der Waals surface area contributed by atoms with E-state index in [1.165, 1.54) is 0 Å². The van der Waals surface area contributed by atoms with Gasteiger partial charge in [-0.1, -0.05) is 32.0 Å². The second-order valence-corrected chi connectivity index (χ2v) is 4.80. The van der Waals surface area contributed by atoms with Crippen molar-refractivity contribution in [3.05, 3.63) is 29.8 Å². The average molecular weight is 260 g/mol. The van der Waals surface area contributed by atoms with E-state index in [4.69, 9.17) is 4.74 Å². The summed E-state index contributed by atoms with van der Waals surface area (Å²) in [6.07, 6.45) is 2.52. The van der Waals surface area contributed by atoms with Crippen molar-refractivity contribution >= 4 is 0 Å². The Morgan fingerprint density at radius 3 is 2.63 bits per heavy atom. The number of benzene rings is 1. The molecular weight excluding hydrogens is 236 g/mol. The monoisotopic (exact) mass is 260 g/mol. The fraction of sp³-hybridized carbons (Fsp3) is 0.562. The third kappa shape index (κ3) is 4.57. The van der Waals surface area contributed by atoms with Crippen molar-refractivity contribution in [2.75, 3.05) is 13.2 Å². The Balaban J connectivity index is 2.42. The molecule has 0 aliphatic rings. The number of aryl methyl sites for hydroxylation is 1. The molecule has 1 unspecified atom stereocenters. The molecule has 0 aromatic heterocycles. The maximum absolute atomic E-state index is 9.31. The van der Waals surface area contributed by atoms with Gasteiger partial charge in [-0.3, -0.25) is 5.32 Å². The van der Waals surface area contributed by atoms with E-state index in [2.05, 4.69) is 11.4 Å². The van der Waals surface area contributed by atoms with Crippen LogP contribution in [0.15, 0.2) is 24.3 Å². The van der Waals surface area contributed by atoms with Crippen LogP contribution in [0.5, 0.6) is 5.75 Å². The molecule has 3 nitrogen and oxygen atoms in total. The standard InChI is InChI=1S/C16H24N2O/c1-4-16(13-17,18-5-2)11-8-12-19-15-10-7-6-9-14(15)3/h6-7,9-10,18H,4-5,8,11-12H2,1-3H3. The summed E-state index contributed by atoms with van der Waals surface area (Å²) >= 11 is 0. The predicted molar refractivity (Wildman–Crippen MR) is 78.2 cm³/mol. The second-order valence-electron chi connectivity index (χ2n) is 4.80. The largest absolute Gasteiger partial charge is 0.493 e. The van der Waals surface area contributed by atoms with E-state index in [1.54, 1.807) is 0 Å². The van der Waals surface area contributed by atoms with Gasteiger partial charge in [0, 0.05) is 0 Å². The van der Waals surface area contributed by atoms with Crippen molar-refractivity contribution in [3.63, 3.8) is 0 Å². The van der Waals surface area contributed by atoms with Gasteiger partial charge in [-0.2, -0.15) is 5.26 Å². The van der Waals surface area contributed by atoms with Gasteiger partial charge in [-0.15, -0.1) is 0 Å². The molecule has 0 aliphatic heterocycles. The minimum Gasteiger partial charge on any atom is -0.493 e. The highest BCUT2D eigenvalue weighted by molar-refractivity contribution is 5.31. The van der Waals surface area contributed by atoms with Crippen molar-refractivity contribution in [1.82, 2.24) is 5.32 Å². The molecule has 0 radical (unpaired) electrons. The van der Waals surface area contributed by atoms with E-state index < -0.39 is 5.54 Å². The lowest BCUT2D eigenvalue weighted by molar-refractivity contribution is 0.276. The number of para-hydroxylation sites is 1. The lowest BCUT2D eigenvalue weighted by atomic mass is 9.92. The number of nitrogens with zero attached hydrogens (tertiary/aromatic N) is 1. The van der Waals surface area contributed by atoms with Gasteiger partial charge in [0.2, 0.25) is 0 Å². The Kier molecular flexibility index (Phi) is 6.38. The summed E-state index contributed by atoms with van der Waals surface area (Å²) in [5.41, 5.74) is 0.750. The number of hydrogen-bond donors (Lipinski definition) is 1. The van der Waals surface area contributed by atoms with Gasteiger partial charge in [-0.25, -0.2) is 0 Å². The molecule has 0 saturated carbocycles. The average Bonchev–Trinajstić information content (AvgIpc) is 2.44. The summed E-state index contributed by atoms with van der Waals surface area (Å²) in [5, 5.41) is 12.6. The van der Waals surface area contributed by atoms with Gasteiger partial charge in [-0.05, 0) is 44.4 Å². The van der Waals surface area contributed by atoms with Crippen LogP contribution in [0.4, 0.5) is 0 Å². The number of hydrogen-bond acceptors (Lipinski definition) is 3. The molecule has 1 N–H and O–H groups in total. The van der Waals surface area contributed by atoms with E-state index in [1.807, 2.05) is 45.0 Å². The molecular formula is C16H24N2O. The summed E-state index contributed by atoms with van der Waals surface area (Å²) < 4.78 is 5.76. The number of ether oxygens (including phenoxy) is 1. The Morgan fingerprint density at radius 2 is 2.05 bits per heavy atom. The lowest BCUT2D eigenvalue weighted by Crippen LogP contribution is -2.43. The van der Waals surface area contributed by atoms with Crippen LogP contribution in [-0.2, 0) is 0 Å². The molecule has 104 valence electrons. The summed E-state index contributed by atoms with van der Waals surface area (Å²) in [4.78, 5) is 0. The first-order valence-electron chi connectivity index (χ1n) is 7.02. The zero-order chi connectivity index (χ0) is 14.1. The topological polar surface area (TPSA) is 45.0 Å². The second kappa shape index (κ2) is 7.81. The smallest absolute Gasteiger partial charge is 0.122 e. The highest BCUT2D eigenvalue weighted by Gasteiger charge is 2.25. The van der Waals surface area contributed by atoms with Crippen LogP contribution in [0, 0.1) is 18.3 Å². The molecule has 1 aromatic rings. The van der Waals surface area contributed by atoms with Gasteiger partial charge >= 0.3 is 0 Å². The maximum atomic E-state index is 9.31. The normalized spacial score (nSPS) is 13.6. The highest BCUT2D eigenvalue weighted by Crippen LogP contribution is 2.19. The van der Waals surface area contributed by atoms with Gasteiger partial charge in [0.15, 0.2) is 0 Å². The van der Waals surface area contributed by atoms with Gasteiger partial charge < -0.3 is 4.74 Å². The predicted octanol–water partition coefficient (Wildman–Crippen LogP) is 3.44. The van der Waals surface area contributed by atoms with Crippen molar-refractivity contribution in [1.29, 1.82) is 5.26 Å². The Bertz CT molecular complexity index is 425. The van der Waals surface area contributed by atoms with E-state index in [9.17, 15) is 5.26 Å². The van der Waals surface area contributed by atoms with Crippen LogP contribution in [-0.4, -0.2) is 18.7 Å². The summed E-state index contributed by atoms with van der Waals surface area (Å²) in [5.74, 6) is 0.935. The Hall–Kier alpha value is -1.53. The fourth-order valence-electron chi connectivity index (χ4n) is 2.18. The van der Waals surface area contributed by atoms with Crippen molar-refractivity contribution in [3.8, 4) is 11.8 Å². The first kappa shape index (κ1) is 15.5. The van der Waals surface area contributed by atoms with E-state index in [0.717, 1.165) is 37.1 Å². The summed E-state index contributed by atoms with van der Waals surface area (Å²) in [6.45, 7) is 7.60. The van der Waals surface area contributed by atoms with E-state index in [-0.39, 0.29) is 0 Å². The van der Waals surface area contributed by atoms with E-state index in [0.29, 0.717) is 6.61 Å². The molecule has 0 saturated heterocycles. The number of nitrogens with one attached hydrogen (secondary N) is 1. The molecule has 19 heavy (non-hydrogen) atoms. The summed E-state index contributed by atoms with van der Waals surface area (Å²) in [6, 6.07) is 10.4. The molecule has 1 atom stereocenters. The zero-order valence-electron chi connectivity index (χ0n) is 12.2. The Labute approximate surface area is 116 Å². The fourth-order valence-corrected chi connectivity index (χ4v) is 2.18. The minimum absolute atomic E-state index is 0.399. The van der Waals surface area contributed by atoms with Crippen LogP contribution in [0.25, 0.3) is 0 Å². The highest BCUT2D eigenvalue weighted by atomic mass is 16.5. The molecule has 0 fully saturated rings. The third-order valence-electron chi connectivity index (χ3n) is 3.43. The first-order chi connectivity index (χ1) is 9.17. The molecule has 0 heterocycles. The Morgan fingerprint density at radius 1 is 1.32 bits per heavy atom. The number of nitriles is 1. The van der Waals surface area contributed by atoms with Crippen LogP contribution >= 0.6 is 0 Å².